The zero-order valence-corrected chi connectivity index (χ0v) is 14.1. The molecule has 0 radical (unpaired) electrons. The maximum atomic E-state index is 13.6. The van der Waals surface area contributed by atoms with E-state index < -0.39 is 11.7 Å². The summed E-state index contributed by atoms with van der Waals surface area (Å²) in [7, 11) is 0. The minimum absolute atomic E-state index is 0.00370. The van der Waals surface area contributed by atoms with Crippen molar-refractivity contribution in [2.75, 3.05) is 23.4 Å². The van der Waals surface area contributed by atoms with Crippen molar-refractivity contribution in [2.45, 2.75) is 12.8 Å². The summed E-state index contributed by atoms with van der Waals surface area (Å²) in [6, 6.07) is 10.8. The summed E-state index contributed by atoms with van der Waals surface area (Å²) in [4.78, 5) is 25.3. The fourth-order valence-electron chi connectivity index (χ4n) is 2.57. The minimum Gasteiger partial charge on any atom is -0.484 e. The van der Waals surface area contributed by atoms with E-state index in [-0.39, 0.29) is 18.2 Å². The number of nitrogens with zero attached hydrogens (tertiary/aromatic N) is 1. The summed E-state index contributed by atoms with van der Waals surface area (Å²) in [5.74, 6) is -0.481. The van der Waals surface area contributed by atoms with Gasteiger partial charge in [0, 0.05) is 23.7 Å². The molecule has 0 bridgehead atoms. The van der Waals surface area contributed by atoms with Gasteiger partial charge in [0.2, 0.25) is 5.91 Å². The molecule has 2 aromatic carbocycles. The zero-order valence-electron chi connectivity index (χ0n) is 13.3. The first kappa shape index (κ1) is 17.2. The Labute approximate surface area is 149 Å². The van der Waals surface area contributed by atoms with Crippen LogP contribution in [0.15, 0.2) is 42.5 Å². The highest BCUT2D eigenvalue weighted by Gasteiger charge is 2.21. The second-order valence-corrected chi connectivity index (χ2v) is 6.04. The highest BCUT2D eigenvalue weighted by molar-refractivity contribution is 6.30. The summed E-state index contributed by atoms with van der Waals surface area (Å²) in [6.07, 6.45) is 1.43. The number of rotatable bonds is 5. The Morgan fingerprint density at radius 3 is 2.68 bits per heavy atom. The second-order valence-electron chi connectivity index (χ2n) is 5.60. The fourth-order valence-corrected chi connectivity index (χ4v) is 2.74. The summed E-state index contributed by atoms with van der Waals surface area (Å²) in [6.45, 7) is 0.445. The van der Waals surface area contributed by atoms with E-state index >= 15 is 0 Å². The molecule has 1 aliphatic rings. The maximum absolute atomic E-state index is 13.6. The molecule has 0 aromatic heterocycles. The smallest absolute Gasteiger partial charge is 0.262 e. The van der Waals surface area contributed by atoms with Gasteiger partial charge in [-0.05, 0) is 48.9 Å². The molecular weight excluding hydrogens is 347 g/mol. The molecule has 1 fully saturated rings. The number of carbonyl (C=O) groups excluding carboxylic acids is 2. The Balaban J connectivity index is 1.55. The average molecular weight is 363 g/mol. The molecule has 1 saturated heterocycles. The molecule has 130 valence electrons. The number of halogens is 2. The van der Waals surface area contributed by atoms with Crippen LogP contribution in [0.3, 0.4) is 0 Å². The van der Waals surface area contributed by atoms with E-state index in [1.54, 1.807) is 29.2 Å². The number of amides is 2. The summed E-state index contributed by atoms with van der Waals surface area (Å²) in [5, 5.41) is 2.73. The van der Waals surface area contributed by atoms with E-state index in [0.29, 0.717) is 23.7 Å². The molecule has 25 heavy (non-hydrogen) atoms. The lowest BCUT2D eigenvalue weighted by Gasteiger charge is -2.16. The molecule has 2 amide bonds. The van der Waals surface area contributed by atoms with Crippen LogP contribution in [-0.2, 0) is 9.59 Å². The van der Waals surface area contributed by atoms with Crippen molar-refractivity contribution in [3.63, 3.8) is 0 Å². The van der Waals surface area contributed by atoms with Gasteiger partial charge in [-0.25, -0.2) is 4.39 Å². The Kier molecular flexibility index (Phi) is 5.19. The van der Waals surface area contributed by atoms with Gasteiger partial charge in [-0.2, -0.15) is 0 Å². The highest BCUT2D eigenvalue weighted by Crippen LogP contribution is 2.24. The predicted molar refractivity (Wildman–Crippen MR) is 93.6 cm³/mol. The van der Waals surface area contributed by atoms with Gasteiger partial charge >= 0.3 is 0 Å². The van der Waals surface area contributed by atoms with Crippen LogP contribution >= 0.6 is 11.6 Å². The van der Waals surface area contributed by atoms with Crippen molar-refractivity contribution in [2.24, 2.45) is 0 Å². The third-order valence-corrected chi connectivity index (χ3v) is 4.03. The van der Waals surface area contributed by atoms with Crippen molar-refractivity contribution in [1.29, 1.82) is 0 Å². The summed E-state index contributed by atoms with van der Waals surface area (Å²) in [5.41, 5.74) is 0.810. The van der Waals surface area contributed by atoms with Crippen LogP contribution in [0.5, 0.6) is 5.75 Å². The first-order chi connectivity index (χ1) is 12.0. The molecule has 0 unspecified atom stereocenters. The van der Waals surface area contributed by atoms with Gasteiger partial charge in [0.05, 0.1) is 5.69 Å². The highest BCUT2D eigenvalue weighted by atomic mass is 35.5. The molecule has 2 aromatic rings. The third-order valence-electron chi connectivity index (χ3n) is 3.79. The number of nitrogens with one attached hydrogen (secondary N) is 1. The van der Waals surface area contributed by atoms with Gasteiger partial charge in [0.25, 0.3) is 5.91 Å². The minimum atomic E-state index is -0.572. The third kappa shape index (κ3) is 4.28. The maximum Gasteiger partial charge on any atom is 0.262 e. The molecule has 1 aliphatic heterocycles. The molecule has 0 aliphatic carbocycles. The number of hydrogen-bond donors (Lipinski definition) is 1. The Bertz CT molecular complexity index is 795. The number of carbonyl (C=O) groups is 2. The van der Waals surface area contributed by atoms with Crippen LogP contribution in [0.1, 0.15) is 12.8 Å². The first-order valence-electron chi connectivity index (χ1n) is 7.81. The lowest BCUT2D eigenvalue weighted by molar-refractivity contribution is -0.118. The molecule has 3 rings (SSSR count). The monoisotopic (exact) mass is 362 g/mol. The van der Waals surface area contributed by atoms with Crippen LogP contribution in [0, 0.1) is 5.82 Å². The molecular formula is C18H16ClFN2O3. The lowest BCUT2D eigenvalue weighted by Crippen LogP contribution is -2.23. The van der Waals surface area contributed by atoms with E-state index in [2.05, 4.69) is 5.32 Å². The molecule has 0 saturated carbocycles. The molecule has 0 spiro atoms. The molecule has 5 nitrogen and oxygen atoms in total. The Morgan fingerprint density at radius 1 is 1.24 bits per heavy atom. The Hall–Kier alpha value is -2.60. The average Bonchev–Trinajstić information content (AvgIpc) is 3.03. The molecule has 1 N–H and O–H groups in total. The predicted octanol–water partition coefficient (Wildman–Crippen LogP) is 3.62. The molecule has 7 heteroatoms. The van der Waals surface area contributed by atoms with Gasteiger partial charge in [-0.15, -0.1) is 0 Å². The molecule has 1 heterocycles. The van der Waals surface area contributed by atoms with E-state index in [9.17, 15) is 14.0 Å². The van der Waals surface area contributed by atoms with Crippen molar-refractivity contribution < 1.29 is 18.7 Å². The quantitative estimate of drug-likeness (QED) is 0.883. The normalized spacial score (nSPS) is 13.8. The number of hydrogen-bond acceptors (Lipinski definition) is 3. The standard InChI is InChI=1S/C18H16ClFN2O3/c19-12-3-8-15(20)16(10-12)21-17(23)11-25-14-6-4-13(5-7-14)22-9-1-2-18(22)24/h3-8,10H,1-2,9,11H2,(H,21,23). The van der Waals surface area contributed by atoms with Crippen molar-refractivity contribution in [3.8, 4) is 5.75 Å². The van der Waals surface area contributed by atoms with Crippen LogP contribution in [0.2, 0.25) is 5.02 Å². The first-order valence-corrected chi connectivity index (χ1v) is 8.19. The van der Waals surface area contributed by atoms with Crippen LogP contribution in [0.4, 0.5) is 15.8 Å². The van der Waals surface area contributed by atoms with Crippen LogP contribution in [-0.4, -0.2) is 25.0 Å². The van der Waals surface area contributed by atoms with Gasteiger partial charge in [-0.3, -0.25) is 9.59 Å². The van der Waals surface area contributed by atoms with E-state index in [1.807, 2.05) is 0 Å². The SMILES string of the molecule is O=C(COc1ccc(N2CCCC2=O)cc1)Nc1cc(Cl)ccc1F. The van der Waals surface area contributed by atoms with E-state index in [0.717, 1.165) is 12.1 Å². The van der Waals surface area contributed by atoms with E-state index in [1.165, 1.54) is 18.2 Å². The summed E-state index contributed by atoms with van der Waals surface area (Å²) < 4.78 is 19.0. The topological polar surface area (TPSA) is 58.6 Å². The zero-order chi connectivity index (χ0) is 17.8. The number of anilines is 2. The van der Waals surface area contributed by atoms with Crippen LogP contribution < -0.4 is 15.0 Å². The number of ether oxygens (including phenoxy) is 1. The summed E-state index contributed by atoms with van der Waals surface area (Å²) >= 11 is 5.77. The van der Waals surface area contributed by atoms with Gasteiger partial charge in [0.15, 0.2) is 6.61 Å². The van der Waals surface area contributed by atoms with Crippen LogP contribution in [0.25, 0.3) is 0 Å². The lowest BCUT2D eigenvalue weighted by atomic mass is 10.3. The van der Waals surface area contributed by atoms with Gasteiger partial charge in [-0.1, -0.05) is 11.6 Å². The fraction of sp³-hybridized carbons (Fsp3) is 0.222. The second kappa shape index (κ2) is 7.53. The Morgan fingerprint density at radius 2 is 2.00 bits per heavy atom. The van der Waals surface area contributed by atoms with Gasteiger partial charge < -0.3 is 15.0 Å². The molecule has 0 atom stereocenters. The van der Waals surface area contributed by atoms with Gasteiger partial charge in [0.1, 0.15) is 11.6 Å². The van der Waals surface area contributed by atoms with Crippen molar-refractivity contribution >= 4 is 34.8 Å². The van der Waals surface area contributed by atoms with Crippen molar-refractivity contribution in [3.05, 3.63) is 53.3 Å². The largest absolute Gasteiger partial charge is 0.484 e. The van der Waals surface area contributed by atoms with E-state index in [4.69, 9.17) is 16.3 Å². The number of benzene rings is 2. The van der Waals surface area contributed by atoms with Crippen molar-refractivity contribution in [1.82, 2.24) is 0 Å².